The Morgan fingerprint density at radius 3 is 2.68 bits per heavy atom. The Hall–Kier alpha value is -3.09. The Morgan fingerprint density at radius 2 is 1.96 bits per heavy atom. The molecule has 1 heterocycles. The highest BCUT2D eigenvalue weighted by atomic mass is 16.5. The minimum absolute atomic E-state index is 0.0975. The van der Waals surface area contributed by atoms with Gasteiger partial charge in [-0.3, -0.25) is 9.78 Å². The third-order valence-electron chi connectivity index (χ3n) is 3.36. The van der Waals surface area contributed by atoms with Crippen molar-refractivity contribution in [3.8, 4) is 5.75 Å². The number of hydrogen-bond donors (Lipinski definition) is 3. The molecule has 0 fully saturated rings. The van der Waals surface area contributed by atoms with E-state index >= 15 is 0 Å². The fourth-order valence-electron chi connectivity index (χ4n) is 1.94. The smallest absolute Gasteiger partial charge is 0.319 e. The minimum atomic E-state index is -0.470. The number of ether oxygens (including phenoxy) is 1. The molecule has 7 heteroatoms. The standard InChI is InChI=1S/C18H22N4O3/c1-3-13(2)25-16-8-4-6-14(10-16)22-18(24)20-12-17(23)21-15-7-5-9-19-11-15/h4-11,13H,3,12H2,1-2H3,(H,21,23)(H2,20,22,24). The summed E-state index contributed by atoms with van der Waals surface area (Å²) in [5, 5.41) is 7.80. The van der Waals surface area contributed by atoms with Gasteiger partial charge >= 0.3 is 6.03 Å². The molecule has 132 valence electrons. The van der Waals surface area contributed by atoms with Gasteiger partial charge in [0, 0.05) is 18.0 Å². The first kappa shape index (κ1) is 18.3. The topological polar surface area (TPSA) is 92.4 Å². The third kappa shape index (κ3) is 6.50. The van der Waals surface area contributed by atoms with E-state index in [9.17, 15) is 9.59 Å². The summed E-state index contributed by atoms with van der Waals surface area (Å²) < 4.78 is 5.71. The van der Waals surface area contributed by atoms with E-state index in [1.807, 2.05) is 19.9 Å². The van der Waals surface area contributed by atoms with Gasteiger partial charge in [-0.05, 0) is 37.6 Å². The molecule has 3 N–H and O–H groups in total. The Balaban J connectivity index is 1.80. The van der Waals surface area contributed by atoms with Crippen LogP contribution in [0, 0.1) is 0 Å². The number of nitrogens with zero attached hydrogens (tertiary/aromatic N) is 1. The normalized spacial score (nSPS) is 11.3. The first-order valence-corrected chi connectivity index (χ1v) is 8.08. The van der Waals surface area contributed by atoms with E-state index in [1.165, 1.54) is 6.20 Å². The molecule has 3 amide bonds. The number of hydrogen-bond acceptors (Lipinski definition) is 4. The van der Waals surface area contributed by atoms with Gasteiger partial charge in [-0.25, -0.2) is 4.79 Å². The summed E-state index contributed by atoms with van der Waals surface area (Å²) in [4.78, 5) is 27.6. The zero-order valence-corrected chi connectivity index (χ0v) is 14.3. The SMILES string of the molecule is CCC(C)Oc1cccc(NC(=O)NCC(=O)Nc2cccnc2)c1. The predicted molar refractivity (Wildman–Crippen MR) is 96.7 cm³/mol. The van der Waals surface area contributed by atoms with Crippen LogP contribution in [0.2, 0.25) is 0 Å². The lowest BCUT2D eigenvalue weighted by Gasteiger charge is -2.14. The molecule has 0 aliphatic rings. The number of nitrogens with one attached hydrogen (secondary N) is 3. The van der Waals surface area contributed by atoms with Gasteiger partial charge in [0.15, 0.2) is 0 Å². The van der Waals surface area contributed by atoms with Crippen molar-refractivity contribution < 1.29 is 14.3 Å². The fourth-order valence-corrected chi connectivity index (χ4v) is 1.94. The van der Waals surface area contributed by atoms with Gasteiger partial charge in [0.2, 0.25) is 5.91 Å². The van der Waals surface area contributed by atoms with Crippen LogP contribution in [0.25, 0.3) is 0 Å². The van der Waals surface area contributed by atoms with Crippen LogP contribution < -0.4 is 20.7 Å². The quantitative estimate of drug-likeness (QED) is 0.721. The molecule has 25 heavy (non-hydrogen) atoms. The molecule has 2 aromatic rings. The molecule has 0 bridgehead atoms. The van der Waals surface area contributed by atoms with Crippen LogP contribution in [0.4, 0.5) is 16.2 Å². The molecular formula is C18H22N4O3. The predicted octanol–water partition coefficient (Wildman–Crippen LogP) is 3.02. The second-order valence-electron chi connectivity index (χ2n) is 5.46. The van der Waals surface area contributed by atoms with Crippen LogP contribution in [0.15, 0.2) is 48.8 Å². The number of urea groups is 1. The molecule has 1 unspecified atom stereocenters. The number of amides is 3. The van der Waals surface area contributed by atoms with Crippen LogP contribution in [-0.4, -0.2) is 29.6 Å². The number of benzene rings is 1. The summed E-state index contributed by atoms with van der Waals surface area (Å²) in [7, 11) is 0. The summed E-state index contributed by atoms with van der Waals surface area (Å²) in [5.74, 6) is 0.346. The molecule has 0 aliphatic heterocycles. The number of pyridine rings is 1. The van der Waals surface area contributed by atoms with Gasteiger partial charge in [0.1, 0.15) is 5.75 Å². The largest absolute Gasteiger partial charge is 0.491 e. The Kier molecular flexibility index (Phi) is 6.76. The maximum Gasteiger partial charge on any atom is 0.319 e. The molecule has 1 aromatic carbocycles. The van der Waals surface area contributed by atoms with E-state index in [2.05, 4.69) is 20.9 Å². The molecule has 0 saturated heterocycles. The van der Waals surface area contributed by atoms with E-state index in [-0.39, 0.29) is 18.6 Å². The lowest BCUT2D eigenvalue weighted by Crippen LogP contribution is -2.35. The van der Waals surface area contributed by atoms with Gasteiger partial charge in [-0.15, -0.1) is 0 Å². The first-order valence-electron chi connectivity index (χ1n) is 8.08. The monoisotopic (exact) mass is 342 g/mol. The van der Waals surface area contributed by atoms with Crippen LogP contribution in [-0.2, 0) is 4.79 Å². The molecule has 0 radical (unpaired) electrons. The number of carbonyl (C=O) groups excluding carboxylic acids is 2. The van der Waals surface area contributed by atoms with Gasteiger partial charge in [0.25, 0.3) is 0 Å². The summed E-state index contributed by atoms with van der Waals surface area (Å²) >= 11 is 0. The highest BCUT2D eigenvalue weighted by Gasteiger charge is 2.07. The van der Waals surface area contributed by atoms with Crippen LogP contribution in [0.1, 0.15) is 20.3 Å². The van der Waals surface area contributed by atoms with Crippen molar-refractivity contribution in [1.29, 1.82) is 0 Å². The van der Waals surface area contributed by atoms with Crippen LogP contribution >= 0.6 is 0 Å². The van der Waals surface area contributed by atoms with Crippen LogP contribution in [0.3, 0.4) is 0 Å². The van der Waals surface area contributed by atoms with Crippen molar-refractivity contribution >= 4 is 23.3 Å². The van der Waals surface area contributed by atoms with Crippen LogP contribution in [0.5, 0.6) is 5.75 Å². The van der Waals surface area contributed by atoms with Gasteiger partial charge in [-0.2, -0.15) is 0 Å². The molecule has 1 aromatic heterocycles. The molecule has 1 atom stereocenters. The second-order valence-corrected chi connectivity index (χ2v) is 5.46. The third-order valence-corrected chi connectivity index (χ3v) is 3.36. The zero-order chi connectivity index (χ0) is 18.1. The van der Waals surface area contributed by atoms with Crippen molar-refractivity contribution in [2.75, 3.05) is 17.2 Å². The average molecular weight is 342 g/mol. The highest BCUT2D eigenvalue weighted by molar-refractivity contribution is 5.96. The van der Waals surface area contributed by atoms with Gasteiger partial charge in [-0.1, -0.05) is 13.0 Å². The zero-order valence-electron chi connectivity index (χ0n) is 14.3. The van der Waals surface area contributed by atoms with E-state index in [0.717, 1.165) is 6.42 Å². The lowest BCUT2D eigenvalue weighted by molar-refractivity contribution is -0.115. The Bertz CT molecular complexity index is 706. The lowest BCUT2D eigenvalue weighted by atomic mass is 10.3. The molecule has 0 aliphatic carbocycles. The number of aromatic nitrogens is 1. The van der Waals surface area contributed by atoms with E-state index in [4.69, 9.17) is 4.74 Å². The van der Waals surface area contributed by atoms with E-state index in [0.29, 0.717) is 17.1 Å². The summed E-state index contributed by atoms with van der Waals surface area (Å²) in [6.45, 7) is 3.87. The van der Waals surface area contributed by atoms with Crippen molar-refractivity contribution in [3.05, 3.63) is 48.8 Å². The maximum atomic E-state index is 11.9. The first-order chi connectivity index (χ1) is 12.1. The number of rotatable bonds is 7. The van der Waals surface area contributed by atoms with Crippen molar-refractivity contribution in [3.63, 3.8) is 0 Å². The Labute approximate surface area is 146 Å². The van der Waals surface area contributed by atoms with Crippen molar-refractivity contribution in [2.24, 2.45) is 0 Å². The molecule has 0 saturated carbocycles. The second kappa shape index (κ2) is 9.27. The van der Waals surface area contributed by atoms with Gasteiger partial charge in [0.05, 0.1) is 24.5 Å². The molecule has 2 rings (SSSR count). The van der Waals surface area contributed by atoms with Crippen molar-refractivity contribution in [1.82, 2.24) is 10.3 Å². The minimum Gasteiger partial charge on any atom is -0.491 e. The van der Waals surface area contributed by atoms with Gasteiger partial charge < -0.3 is 20.7 Å². The summed E-state index contributed by atoms with van der Waals surface area (Å²) in [5.41, 5.74) is 1.16. The average Bonchev–Trinajstić information content (AvgIpc) is 2.61. The fraction of sp³-hybridized carbons (Fsp3) is 0.278. The maximum absolute atomic E-state index is 11.9. The van der Waals surface area contributed by atoms with E-state index in [1.54, 1.807) is 36.5 Å². The number of anilines is 2. The van der Waals surface area contributed by atoms with Crippen molar-refractivity contribution in [2.45, 2.75) is 26.4 Å². The van der Waals surface area contributed by atoms with E-state index < -0.39 is 6.03 Å². The Morgan fingerprint density at radius 1 is 1.16 bits per heavy atom. The molecule has 0 spiro atoms. The molecule has 7 nitrogen and oxygen atoms in total. The summed E-state index contributed by atoms with van der Waals surface area (Å²) in [6.07, 6.45) is 4.13. The molecular weight excluding hydrogens is 320 g/mol. The highest BCUT2D eigenvalue weighted by Crippen LogP contribution is 2.19. The summed E-state index contributed by atoms with van der Waals surface area (Å²) in [6, 6.07) is 10.1. The number of carbonyl (C=O) groups is 2.